The number of rotatable bonds is 2. The number of fused-ring (bicyclic) bond motifs is 12. The second kappa shape index (κ2) is 7.19. The predicted molar refractivity (Wildman–Crippen MR) is 175 cm³/mol. The fourth-order valence-corrected chi connectivity index (χ4v) is 9.93. The van der Waals surface area contributed by atoms with Crippen LogP contribution in [0.2, 0.25) is 13.1 Å². The zero-order valence-corrected chi connectivity index (χ0v) is 23.7. The Morgan fingerprint density at radius 1 is 0.463 bits per heavy atom. The zero-order valence-electron chi connectivity index (χ0n) is 22.7. The lowest BCUT2D eigenvalue weighted by Gasteiger charge is -2.25. The van der Waals surface area contributed by atoms with Crippen LogP contribution in [0, 0.1) is 0 Å². The molecule has 5 heteroatoms. The van der Waals surface area contributed by atoms with Crippen molar-refractivity contribution >= 4 is 94.6 Å². The van der Waals surface area contributed by atoms with E-state index < -0.39 is 8.07 Å². The van der Waals surface area contributed by atoms with E-state index in [9.17, 15) is 0 Å². The number of nitrogens with zero attached hydrogens (tertiary/aromatic N) is 4. The van der Waals surface area contributed by atoms with E-state index in [1.165, 1.54) is 86.6 Å². The third-order valence-corrected chi connectivity index (χ3v) is 13.1. The number of hydrogen-bond donors (Lipinski definition) is 0. The van der Waals surface area contributed by atoms with Crippen molar-refractivity contribution in [2.75, 3.05) is 0 Å². The SMILES string of the molecule is C[Si](C)(c1cc2c3ccccc3n3c4ccncc4c(c1)c23)c1cc2c3ccccc3n3c4ccncc4c(c1)c23. The Morgan fingerprint density at radius 2 is 0.854 bits per heavy atom. The van der Waals surface area contributed by atoms with Gasteiger partial charge in [-0.15, -0.1) is 0 Å². The third kappa shape index (κ3) is 2.52. The molecule has 6 aromatic heterocycles. The third-order valence-electron chi connectivity index (χ3n) is 9.64. The summed E-state index contributed by atoms with van der Waals surface area (Å²) >= 11 is 0. The van der Waals surface area contributed by atoms with E-state index in [1.54, 1.807) is 0 Å². The monoisotopic (exact) mass is 540 g/mol. The molecular formula is C36H24N4Si. The largest absolute Gasteiger partial charge is 0.308 e. The van der Waals surface area contributed by atoms with Gasteiger partial charge in [-0.2, -0.15) is 0 Å². The normalized spacial score (nSPS) is 13.1. The Morgan fingerprint density at radius 3 is 1.32 bits per heavy atom. The highest BCUT2D eigenvalue weighted by atomic mass is 28.3. The summed E-state index contributed by atoms with van der Waals surface area (Å²) in [6, 6.07) is 31.9. The summed E-state index contributed by atoms with van der Waals surface area (Å²) in [7, 11) is -2.16. The summed E-state index contributed by atoms with van der Waals surface area (Å²) in [4.78, 5) is 9.07. The summed E-state index contributed by atoms with van der Waals surface area (Å²) in [5.74, 6) is 0. The highest BCUT2D eigenvalue weighted by molar-refractivity contribution is 7.00. The first-order valence-corrected chi connectivity index (χ1v) is 17.2. The van der Waals surface area contributed by atoms with Crippen molar-refractivity contribution in [3.8, 4) is 0 Å². The van der Waals surface area contributed by atoms with Gasteiger partial charge >= 0.3 is 0 Å². The van der Waals surface area contributed by atoms with Crippen LogP contribution in [0.15, 0.2) is 110 Å². The van der Waals surface area contributed by atoms with Gasteiger partial charge in [0.05, 0.1) is 33.1 Å². The van der Waals surface area contributed by atoms with Gasteiger partial charge < -0.3 is 8.80 Å². The van der Waals surface area contributed by atoms with Gasteiger partial charge in [0.1, 0.15) is 8.07 Å². The summed E-state index contributed by atoms with van der Waals surface area (Å²) < 4.78 is 4.86. The Balaban J connectivity index is 1.33. The van der Waals surface area contributed by atoms with Crippen molar-refractivity contribution in [1.82, 2.24) is 18.8 Å². The number of aromatic nitrogens is 4. The Bertz CT molecular complexity index is 2320. The first-order chi connectivity index (χ1) is 20.1. The topological polar surface area (TPSA) is 34.6 Å². The van der Waals surface area contributed by atoms with E-state index in [4.69, 9.17) is 0 Å². The van der Waals surface area contributed by atoms with Gasteiger partial charge in [-0.25, -0.2) is 0 Å². The minimum Gasteiger partial charge on any atom is -0.308 e. The minimum atomic E-state index is -2.16. The lowest BCUT2D eigenvalue weighted by molar-refractivity contribution is 1.32. The van der Waals surface area contributed by atoms with Crippen molar-refractivity contribution in [2.24, 2.45) is 0 Å². The van der Waals surface area contributed by atoms with Crippen molar-refractivity contribution in [3.05, 3.63) is 110 Å². The van der Waals surface area contributed by atoms with Gasteiger partial charge in [-0.3, -0.25) is 9.97 Å². The molecule has 4 aromatic carbocycles. The molecule has 6 heterocycles. The molecule has 0 aliphatic heterocycles. The molecule has 41 heavy (non-hydrogen) atoms. The van der Waals surface area contributed by atoms with Crippen LogP contribution >= 0.6 is 0 Å². The Kier molecular flexibility index (Phi) is 3.82. The van der Waals surface area contributed by atoms with E-state index in [1.807, 2.05) is 24.8 Å². The number of para-hydroxylation sites is 2. The van der Waals surface area contributed by atoms with E-state index in [0.717, 1.165) is 0 Å². The van der Waals surface area contributed by atoms with Gasteiger partial charge in [-0.05, 0) is 24.3 Å². The molecule has 10 rings (SSSR count). The zero-order chi connectivity index (χ0) is 27.0. The van der Waals surface area contributed by atoms with Crippen molar-refractivity contribution in [3.63, 3.8) is 0 Å². The van der Waals surface area contributed by atoms with Gasteiger partial charge in [0.2, 0.25) is 0 Å². The van der Waals surface area contributed by atoms with Crippen LogP contribution in [0.1, 0.15) is 0 Å². The fourth-order valence-electron chi connectivity index (χ4n) is 7.57. The lowest BCUT2D eigenvalue weighted by Crippen LogP contribution is -2.52. The second-order valence-corrected chi connectivity index (χ2v) is 16.4. The quantitative estimate of drug-likeness (QED) is 0.212. The van der Waals surface area contributed by atoms with E-state index >= 15 is 0 Å². The molecule has 0 unspecified atom stereocenters. The molecule has 0 aliphatic carbocycles. The molecular weight excluding hydrogens is 517 g/mol. The first kappa shape index (κ1) is 21.8. The second-order valence-electron chi connectivity index (χ2n) is 12.0. The standard InChI is InChI=1S/C36H24N4Si/c1-41(2,21-15-25-23-7-3-5-9-31(23)39-33-11-13-37-19-29(33)27(17-21)35(25)39)22-16-26-24-8-4-6-10-32(24)40-34-12-14-38-20-30(34)28(18-22)36(26)40/h3-20H,1-2H3. The van der Waals surface area contributed by atoms with Crippen molar-refractivity contribution < 1.29 is 0 Å². The average Bonchev–Trinajstić information content (AvgIpc) is 3.74. The molecule has 0 radical (unpaired) electrons. The average molecular weight is 541 g/mol. The number of hydrogen-bond acceptors (Lipinski definition) is 2. The highest BCUT2D eigenvalue weighted by Crippen LogP contribution is 2.40. The highest BCUT2D eigenvalue weighted by Gasteiger charge is 2.31. The maximum atomic E-state index is 4.53. The predicted octanol–water partition coefficient (Wildman–Crippen LogP) is 7.60. The van der Waals surface area contributed by atoms with Crippen LogP contribution in [0.5, 0.6) is 0 Å². The first-order valence-electron chi connectivity index (χ1n) is 14.2. The van der Waals surface area contributed by atoms with E-state index in [-0.39, 0.29) is 0 Å². The molecule has 0 saturated heterocycles. The maximum absolute atomic E-state index is 4.53. The Labute approximate surface area is 235 Å². The van der Waals surface area contributed by atoms with Crippen LogP contribution < -0.4 is 10.4 Å². The van der Waals surface area contributed by atoms with Crippen LogP contribution in [-0.2, 0) is 0 Å². The molecule has 0 bridgehead atoms. The molecule has 0 N–H and O–H groups in total. The minimum absolute atomic E-state index is 1.22. The van der Waals surface area contributed by atoms with Crippen molar-refractivity contribution in [1.29, 1.82) is 0 Å². The molecule has 0 fully saturated rings. The number of benzene rings is 4. The molecule has 4 nitrogen and oxygen atoms in total. The smallest absolute Gasteiger partial charge is 0.112 e. The summed E-state index contributed by atoms with van der Waals surface area (Å²) in [5.41, 5.74) is 7.59. The van der Waals surface area contributed by atoms with Crippen LogP contribution in [0.25, 0.3) is 76.2 Å². The summed E-state index contributed by atoms with van der Waals surface area (Å²) in [5, 5.41) is 13.2. The molecule has 0 amide bonds. The van der Waals surface area contributed by atoms with Crippen LogP contribution in [-0.4, -0.2) is 26.8 Å². The molecule has 10 aromatic rings. The van der Waals surface area contributed by atoms with Gasteiger partial charge in [0, 0.05) is 67.9 Å². The summed E-state index contributed by atoms with van der Waals surface area (Å²) in [6.07, 6.45) is 7.89. The number of pyridine rings is 2. The molecule has 0 aliphatic rings. The summed E-state index contributed by atoms with van der Waals surface area (Å²) in [6.45, 7) is 5.01. The molecule has 0 saturated carbocycles. The van der Waals surface area contributed by atoms with Crippen molar-refractivity contribution in [2.45, 2.75) is 13.1 Å². The van der Waals surface area contributed by atoms with Crippen LogP contribution in [0.4, 0.5) is 0 Å². The molecule has 0 spiro atoms. The van der Waals surface area contributed by atoms with Crippen LogP contribution in [0.3, 0.4) is 0 Å². The maximum Gasteiger partial charge on any atom is 0.112 e. The van der Waals surface area contributed by atoms with Gasteiger partial charge in [-0.1, -0.05) is 84.1 Å². The van der Waals surface area contributed by atoms with Gasteiger partial charge in [0.15, 0.2) is 0 Å². The van der Waals surface area contributed by atoms with E-state index in [2.05, 4.69) is 117 Å². The van der Waals surface area contributed by atoms with E-state index in [0.29, 0.717) is 0 Å². The fraction of sp³-hybridized carbons (Fsp3) is 0.0556. The molecule has 0 atom stereocenters. The lowest BCUT2D eigenvalue weighted by atomic mass is 10.1. The molecule has 192 valence electrons. The Hall–Kier alpha value is -5.00. The van der Waals surface area contributed by atoms with Gasteiger partial charge in [0.25, 0.3) is 0 Å².